The molecule has 0 aliphatic rings. The van der Waals surface area contributed by atoms with Crippen LogP contribution in [0, 0.1) is 0 Å². The Balaban J connectivity index is 3.24. The van der Waals surface area contributed by atoms with E-state index in [9.17, 15) is 0 Å². The van der Waals surface area contributed by atoms with E-state index in [2.05, 4.69) is 26.4 Å². The second-order valence-electron chi connectivity index (χ2n) is 3.22. The third-order valence-corrected chi connectivity index (χ3v) is 2.70. The molecule has 0 saturated heterocycles. The Morgan fingerprint density at radius 3 is 2.00 bits per heavy atom. The topological polar surface area (TPSA) is 11.3 Å². The van der Waals surface area contributed by atoms with Gasteiger partial charge in [-0.2, -0.15) is 0 Å². The minimum absolute atomic E-state index is 0.829. The summed E-state index contributed by atoms with van der Waals surface area (Å²) in [5.41, 5.74) is 0. The average Bonchev–Trinajstić information content (AvgIpc) is 1.59. The lowest BCUT2D eigenvalue weighted by atomic mass is 10.9. The Morgan fingerprint density at radius 2 is 1.88 bits per heavy atom. The summed E-state index contributed by atoms with van der Waals surface area (Å²) in [5, 5.41) is 0. The Labute approximate surface area is 52.4 Å². The molecule has 0 bridgehead atoms. The Kier molecular flexibility index (Phi) is 2.98. The van der Waals surface area contributed by atoms with Crippen LogP contribution in [0.5, 0.6) is 0 Å². The zero-order valence-electron chi connectivity index (χ0n) is 6.03. The molecule has 0 rings (SSSR count). The van der Waals surface area contributed by atoms with E-state index in [0.717, 1.165) is 6.61 Å². The number of hydrogen-bond donors (Lipinski definition) is 0. The molecule has 0 fully saturated rings. The van der Waals surface area contributed by atoms with Gasteiger partial charge < -0.3 is 0 Å². The van der Waals surface area contributed by atoms with Crippen LogP contribution in [-0.2, 0) is 4.42 Å². The van der Waals surface area contributed by atoms with Gasteiger partial charge in [-0.25, -0.2) is 0 Å². The van der Waals surface area contributed by atoms with Gasteiger partial charge in [0, 0.05) is 6.04 Å². The molecular formula is C6H15OSi+. The first-order valence-electron chi connectivity index (χ1n) is 2.93. The average molecular weight is 131 g/mol. The molecule has 0 atom stereocenters. The Hall–Kier alpha value is -0.113. The van der Waals surface area contributed by atoms with Gasteiger partial charge in [0.25, 0.3) is 13.4 Å². The lowest BCUT2D eigenvalue weighted by Gasteiger charge is -2.08. The highest BCUT2D eigenvalue weighted by molar-refractivity contribution is 6.76. The van der Waals surface area contributed by atoms with Crippen molar-refractivity contribution in [3.05, 3.63) is 0 Å². The first-order chi connectivity index (χ1) is 3.56. The Morgan fingerprint density at radius 1 is 1.38 bits per heavy atom. The van der Waals surface area contributed by atoms with E-state index in [1.807, 2.05) is 0 Å². The number of carbonyl (C=O) groups excluding carboxylic acids is 1. The molecule has 0 radical (unpaired) electrons. The molecule has 2 heteroatoms. The monoisotopic (exact) mass is 131 g/mol. The van der Waals surface area contributed by atoms with Gasteiger partial charge in [-0.15, -0.1) is 0 Å². The predicted octanol–water partition coefficient (Wildman–Crippen LogP) is 1.69. The van der Waals surface area contributed by atoms with E-state index < -0.39 is 8.07 Å². The first-order valence-corrected chi connectivity index (χ1v) is 6.64. The summed E-state index contributed by atoms with van der Waals surface area (Å²) in [7, 11) is -0.843. The van der Waals surface area contributed by atoms with Crippen LogP contribution in [0.4, 0.5) is 0 Å². The molecule has 0 N–H and O–H groups in total. The first kappa shape index (κ1) is 7.89. The SMILES string of the molecule is C=[O+]CC[Si](C)(C)C. The normalized spacial score (nSPS) is 11.4. The van der Waals surface area contributed by atoms with Crippen LogP contribution in [0.2, 0.25) is 25.7 Å². The van der Waals surface area contributed by atoms with Gasteiger partial charge in [0.15, 0.2) is 0 Å². The van der Waals surface area contributed by atoms with Gasteiger partial charge >= 0.3 is 0 Å². The molecule has 1 nitrogen and oxygen atoms in total. The minimum Gasteiger partial charge on any atom is -0.271 e. The minimum atomic E-state index is -0.843. The van der Waals surface area contributed by atoms with Gasteiger partial charge in [-0.3, -0.25) is 4.42 Å². The molecule has 0 aromatic rings. The summed E-state index contributed by atoms with van der Waals surface area (Å²) in [4.78, 5) is 0. The van der Waals surface area contributed by atoms with Gasteiger partial charge in [0.05, 0.1) is 8.07 Å². The van der Waals surface area contributed by atoms with Crippen molar-refractivity contribution < 1.29 is 4.42 Å². The van der Waals surface area contributed by atoms with Crippen LogP contribution in [0.3, 0.4) is 0 Å². The van der Waals surface area contributed by atoms with E-state index in [4.69, 9.17) is 4.42 Å². The van der Waals surface area contributed by atoms with E-state index in [1.165, 1.54) is 6.04 Å². The van der Waals surface area contributed by atoms with E-state index >= 15 is 0 Å². The molecule has 0 aromatic heterocycles. The van der Waals surface area contributed by atoms with Crippen molar-refractivity contribution in [3.8, 4) is 0 Å². The van der Waals surface area contributed by atoms with Crippen LogP contribution >= 0.6 is 0 Å². The van der Waals surface area contributed by atoms with E-state index in [0.29, 0.717) is 0 Å². The smallest absolute Gasteiger partial charge is 0.271 e. The van der Waals surface area contributed by atoms with Gasteiger partial charge in [-0.1, -0.05) is 19.6 Å². The summed E-state index contributed by atoms with van der Waals surface area (Å²) in [5.74, 6) is 0. The van der Waals surface area contributed by atoms with Crippen molar-refractivity contribution in [2.45, 2.75) is 25.7 Å². The zero-order chi connectivity index (χ0) is 6.62. The third kappa shape index (κ3) is 5.89. The van der Waals surface area contributed by atoms with Crippen molar-refractivity contribution in [2.24, 2.45) is 0 Å². The molecule has 0 aliphatic heterocycles. The molecule has 8 heavy (non-hydrogen) atoms. The largest absolute Gasteiger partial charge is 0.273 e. The van der Waals surface area contributed by atoms with Crippen LogP contribution < -0.4 is 0 Å². The molecule has 0 aliphatic carbocycles. The predicted molar refractivity (Wildman–Crippen MR) is 40.1 cm³/mol. The quantitative estimate of drug-likeness (QED) is 0.408. The fourth-order valence-corrected chi connectivity index (χ4v) is 1.14. The second-order valence-corrected chi connectivity index (χ2v) is 8.84. The van der Waals surface area contributed by atoms with Gasteiger partial charge in [-0.05, 0) is 0 Å². The van der Waals surface area contributed by atoms with Crippen molar-refractivity contribution in [2.75, 3.05) is 6.61 Å². The highest BCUT2D eigenvalue weighted by Crippen LogP contribution is 2.05. The van der Waals surface area contributed by atoms with Crippen molar-refractivity contribution in [1.29, 1.82) is 0 Å². The molecule has 0 unspecified atom stereocenters. The lowest BCUT2D eigenvalue weighted by Crippen LogP contribution is -2.20. The molecule has 0 heterocycles. The summed E-state index contributed by atoms with van der Waals surface area (Å²) >= 11 is 0. The number of rotatable bonds is 3. The Bertz CT molecular complexity index is 73.1. The number of hydrogen-bond acceptors (Lipinski definition) is 0. The summed E-state index contributed by atoms with van der Waals surface area (Å²) in [6, 6.07) is 1.22. The van der Waals surface area contributed by atoms with Crippen molar-refractivity contribution >= 4 is 14.9 Å². The highest BCUT2D eigenvalue weighted by Gasteiger charge is 2.14. The van der Waals surface area contributed by atoms with Crippen LogP contribution in [-0.4, -0.2) is 21.5 Å². The van der Waals surface area contributed by atoms with Gasteiger partial charge in [0.1, 0.15) is 0 Å². The maximum Gasteiger partial charge on any atom is 0.273 e. The van der Waals surface area contributed by atoms with Crippen LogP contribution in [0.1, 0.15) is 0 Å². The fourth-order valence-electron chi connectivity index (χ4n) is 0.378. The summed E-state index contributed by atoms with van der Waals surface area (Å²) < 4.78 is 4.70. The maximum atomic E-state index is 4.70. The highest BCUT2D eigenvalue weighted by atomic mass is 28.3. The standard InChI is InChI=1S/C6H15OSi/c1-7-5-6-8(2,3)4/h1,5-6H2,2-4H3/q+1. The lowest BCUT2D eigenvalue weighted by molar-refractivity contribution is -0.442. The molecule has 0 aromatic carbocycles. The van der Waals surface area contributed by atoms with Crippen LogP contribution in [0.15, 0.2) is 0 Å². The molecule has 48 valence electrons. The summed E-state index contributed by atoms with van der Waals surface area (Å²) in [6.07, 6.45) is 0. The molecule has 0 spiro atoms. The van der Waals surface area contributed by atoms with Crippen molar-refractivity contribution in [1.82, 2.24) is 0 Å². The molecule has 0 amide bonds. The van der Waals surface area contributed by atoms with E-state index in [-0.39, 0.29) is 0 Å². The second kappa shape index (κ2) is 3.02. The van der Waals surface area contributed by atoms with E-state index in [1.54, 1.807) is 0 Å². The fraction of sp³-hybridized carbons (Fsp3) is 0.833. The molecular weight excluding hydrogens is 116 g/mol. The van der Waals surface area contributed by atoms with Crippen molar-refractivity contribution in [3.63, 3.8) is 0 Å². The third-order valence-electron chi connectivity index (χ3n) is 0.996. The summed E-state index contributed by atoms with van der Waals surface area (Å²) in [6.45, 7) is 11.1. The maximum absolute atomic E-state index is 4.70. The molecule has 0 saturated carbocycles. The van der Waals surface area contributed by atoms with Crippen LogP contribution in [0.25, 0.3) is 0 Å². The zero-order valence-corrected chi connectivity index (χ0v) is 7.03. The van der Waals surface area contributed by atoms with Gasteiger partial charge in [0.2, 0.25) is 0 Å².